The summed E-state index contributed by atoms with van der Waals surface area (Å²) in [5.41, 5.74) is 1.10. The molecule has 140 valence electrons. The number of hydrogen-bond acceptors (Lipinski definition) is 7. The third kappa shape index (κ3) is 3.69. The van der Waals surface area contributed by atoms with E-state index in [1.807, 2.05) is 0 Å². The standard InChI is InChI=1S/C17H16N4O4S2/c22-16(12-3-5-18-6-4-12)20-17-19-14-2-1-13(11-15(14)26-17)27(23,24)21-7-9-25-10-8-21/h1-6,11H,7-10H2,(H,19,20,22). The van der Waals surface area contributed by atoms with E-state index in [0.717, 1.165) is 0 Å². The zero-order valence-electron chi connectivity index (χ0n) is 14.2. The molecular formula is C17H16N4O4S2. The molecule has 1 aliphatic rings. The van der Waals surface area contributed by atoms with Gasteiger partial charge < -0.3 is 4.74 Å². The van der Waals surface area contributed by atoms with Crippen LogP contribution in [0, 0.1) is 0 Å². The molecule has 1 aromatic carbocycles. The van der Waals surface area contributed by atoms with Crippen molar-refractivity contribution in [2.24, 2.45) is 0 Å². The molecule has 3 aromatic rings. The Hall–Kier alpha value is -2.40. The van der Waals surface area contributed by atoms with E-state index in [-0.39, 0.29) is 10.8 Å². The van der Waals surface area contributed by atoms with Gasteiger partial charge in [-0.15, -0.1) is 0 Å². The Labute approximate surface area is 159 Å². The molecule has 0 radical (unpaired) electrons. The Kier molecular flexibility index (Phi) is 4.87. The zero-order chi connectivity index (χ0) is 18.9. The number of pyridine rings is 1. The van der Waals surface area contributed by atoms with Crippen LogP contribution in [0.2, 0.25) is 0 Å². The fourth-order valence-electron chi connectivity index (χ4n) is 2.73. The molecule has 0 unspecified atom stereocenters. The number of anilines is 1. The van der Waals surface area contributed by atoms with Crippen LogP contribution in [0.15, 0.2) is 47.6 Å². The van der Waals surface area contributed by atoms with Gasteiger partial charge in [-0.2, -0.15) is 4.31 Å². The van der Waals surface area contributed by atoms with Gasteiger partial charge in [0.1, 0.15) is 0 Å². The number of benzene rings is 1. The van der Waals surface area contributed by atoms with Crippen molar-refractivity contribution in [1.29, 1.82) is 0 Å². The number of morpholine rings is 1. The van der Waals surface area contributed by atoms with Crippen molar-refractivity contribution in [2.75, 3.05) is 31.6 Å². The number of hydrogen-bond donors (Lipinski definition) is 1. The Morgan fingerprint density at radius 2 is 1.89 bits per heavy atom. The monoisotopic (exact) mass is 404 g/mol. The molecule has 2 aromatic heterocycles. The molecule has 27 heavy (non-hydrogen) atoms. The quantitative estimate of drug-likeness (QED) is 0.713. The molecule has 8 nitrogen and oxygen atoms in total. The molecule has 0 spiro atoms. The largest absolute Gasteiger partial charge is 0.379 e. The Balaban J connectivity index is 1.59. The number of rotatable bonds is 4. The normalized spacial score (nSPS) is 15.7. The van der Waals surface area contributed by atoms with Crippen LogP contribution in [0.1, 0.15) is 10.4 Å². The summed E-state index contributed by atoms with van der Waals surface area (Å²) in [6.07, 6.45) is 3.08. The summed E-state index contributed by atoms with van der Waals surface area (Å²) in [5, 5.41) is 3.14. The first-order valence-electron chi connectivity index (χ1n) is 8.24. The van der Waals surface area contributed by atoms with Crippen molar-refractivity contribution in [3.8, 4) is 0 Å². The van der Waals surface area contributed by atoms with E-state index in [1.165, 1.54) is 28.0 Å². The summed E-state index contributed by atoms with van der Waals surface area (Å²) in [5.74, 6) is -0.294. The summed E-state index contributed by atoms with van der Waals surface area (Å²) in [7, 11) is -3.57. The predicted octanol–water partition coefficient (Wildman–Crippen LogP) is 1.96. The number of fused-ring (bicyclic) bond motifs is 1. The van der Waals surface area contributed by atoms with Gasteiger partial charge in [0, 0.05) is 31.0 Å². The van der Waals surface area contributed by atoms with Gasteiger partial charge in [-0.3, -0.25) is 15.1 Å². The van der Waals surface area contributed by atoms with Crippen LogP contribution in [-0.4, -0.2) is 54.9 Å². The van der Waals surface area contributed by atoms with Gasteiger partial charge in [-0.1, -0.05) is 11.3 Å². The topological polar surface area (TPSA) is 101 Å². The Bertz CT molecular complexity index is 1080. The summed E-state index contributed by atoms with van der Waals surface area (Å²) >= 11 is 1.23. The summed E-state index contributed by atoms with van der Waals surface area (Å²) in [6.45, 7) is 1.48. The smallest absolute Gasteiger partial charge is 0.257 e. The van der Waals surface area contributed by atoms with Crippen LogP contribution < -0.4 is 5.32 Å². The highest BCUT2D eigenvalue weighted by Gasteiger charge is 2.26. The number of ether oxygens (including phenoxy) is 1. The highest BCUT2D eigenvalue weighted by atomic mass is 32.2. The number of nitrogens with zero attached hydrogens (tertiary/aromatic N) is 3. The molecule has 0 atom stereocenters. The van der Waals surface area contributed by atoms with Gasteiger partial charge in [-0.05, 0) is 30.3 Å². The minimum absolute atomic E-state index is 0.215. The SMILES string of the molecule is O=C(Nc1nc2ccc(S(=O)(=O)N3CCOCC3)cc2s1)c1ccncc1. The molecule has 0 saturated carbocycles. The molecule has 1 saturated heterocycles. The lowest BCUT2D eigenvalue weighted by molar-refractivity contribution is 0.0730. The number of nitrogens with one attached hydrogen (secondary N) is 1. The second-order valence-electron chi connectivity index (χ2n) is 5.86. The molecule has 0 aliphatic carbocycles. The number of amides is 1. The van der Waals surface area contributed by atoms with Crippen molar-refractivity contribution < 1.29 is 17.9 Å². The van der Waals surface area contributed by atoms with E-state index < -0.39 is 10.0 Å². The van der Waals surface area contributed by atoms with E-state index >= 15 is 0 Å². The maximum absolute atomic E-state index is 12.8. The lowest BCUT2D eigenvalue weighted by Gasteiger charge is -2.25. The average molecular weight is 404 g/mol. The Morgan fingerprint density at radius 1 is 1.15 bits per heavy atom. The van der Waals surface area contributed by atoms with E-state index in [9.17, 15) is 13.2 Å². The number of aromatic nitrogens is 2. The number of carbonyl (C=O) groups is 1. The first kappa shape index (κ1) is 18.0. The van der Waals surface area contributed by atoms with Crippen LogP contribution in [0.4, 0.5) is 5.13 Å². The summed E-state index contributed by atoms with van der Waals surface area (Å²) < 4.78 is 32.9. The highest BCUT2D eigenvalue weighted by Crippen LogP contribution is 2.29. The fourth-order valence-corrected chi connectivity index (χ4v) is 5.14. The molecule has 4 rings (SSSR count). The van der Waals surface area contributed by atoms with Gasteiger partial charge in [0.05, 0.1) is 28.3 Å². The Morgan fingerprint density at radius 3 is 2.63 bits per heavy atom. The second-order valence-corrected chi connectivity index (χ2v) is 8.82. The second kappa shape index (κ2) is 7.31. The molecule has 0 bridgehead atoms. The first-order valence-corrected chi connectivity index (χ1v) is 10.5. The number of carbonyl (C=O) groups excluding carboxylic acids is 1. The van der Waals surface area contributed by atoms with Crippen molar-refractivity contribution in [3.63, 3.8) is 0 Å². The third-order valence-corrected chi connectivity index (χ3v) is 6.96. The molecular weight excluding hydrogens is 388 g/mol. The van der Waals surface area contributed by atoms with Crippen LogP contribution in [0.3, 0.4) is 0 Å². The van der Waals surface area contributed by atoms with Gasteiger partial charge in [0.15, 0.2) is 5.13 Å². The average Bonchev–Trinajstić information content (AvgIpc) is 3.10. The van der Waals surface area contributed by atoms with Gasteiger partial charge in [0.25, 0.3) is 5.91 Å². The van der Waals surface area contributed by atoms with Gasteiger partial charge in [-0.25, -0.2) is 13.4 Å². The van der Waals surface area contributed by atoms with Crippen LogP contribution >= 0.6 is 11.3 Å². The zero-order valence-corrected chi connectivity index (χ0v) is 15.8. The molecule has 10 heteroatoms. The highest BCUT2D eigenvalue weighted by molar-refractivity contribution is 7.89. The van der Waals surface area contributed by atoms with Crippen molar-refractivity contribution in [2.45, 2.75) is 4.90 Å². The molecule has 1 amide bonds. The molecule has 1 aliphatic heterocycles. The number of sulfonamides is 1. The summed E-state index contributed by atoms with van der Waals surface area (Å²) in [4.78, 5) is 20.7. The van der Waals surface area contributed by atoms with Crippen molar-refractivity contribution in [3.05, 3.63) is 48.3 Å². The predicted molar refractivity (Wildman–Crippen MR) is 101 cm³/mol. The lowest BCUT2D eigenvalue weighted by Crippen LogP contribution is -2.40. The number of thiazole rings is 1. The fraction of sp³-hybridized carbons (Fsp3) is 0.235. The van der Waals surface area contributed by atoms with E-state index in [1.54, 1.807) is 30.3 Å². The maximum atomic E-state index is 12.8. The minimum atomic E-state index is -3.57. The molecule has 3 heterocycles. The van der Waals surface area contributed by atoms with E-state index in [2.05, 4.69) is 15.3 Å². The van der Waals surface area contributed by atoms with Crippen molar-refractivity contribution >= 4 is 42.6 Å². The van der Waals surface area contributed by atoms with Crippen molar-refractivity contribution in [1.82, 2.24) is 14.3 Å². The van der Waals surface area contributed by atoms with Gasteiger partial charge in [0.2, 0.25) is 10.0 Å². The van der Waals surface area contributed by atoms with Crippen LogP contribution in [-0.2, 0) is 14.8 Å². The first-order chi connectivity index (χ1) is 13.0. The van der Waals surface area contributed by atoms with E-state index in [4.69, 9.17) is 4.74 Å². The summed E-state index contributed by atoms with van der Waals surface area (Å²) in [6, 6.07) is 8.01. The lowest BCUT2D eigenvalue weighted by atomic mass is 10.2. The van der Waals surface area contributed by atoms with Crippen LogP contribution in [0.25, 0.3) is 10.2 Å². The van der Waals surface area contributed by atoms with Crippen LogP contribution in [0.5, 0.6) is 0 Å². The van der Waals surface area contributed by atoms with Gasteiger partial charge >= 0.3 is 0 Å². The van der Waals surface area contributed by atoms with E-state index in [0.29, 0.717) is 47.2 Å². The third-order valence-electron chi connectivity index (χ3n) is 4.13. The minimum Gasteiger partial charge on any atom is -0.379 e. The maximum Gasteiger partial charge on any atom is 0.257 e. The molecule has 1 fully saturated rings. The molecule has 1 N–H and O–H groups in total.